The topological polar surface area (TPSA) is 70.7 Å². The van der Waals surface area contributed by atoms with Gasteiger partial charge in [-0.25, -0.2) is 8.42 Å². The largest absolute Gasteiger partial charge is 0.384 e. The quantitative estimate of drug-likeness (QED) is 0.754. The van der Waals surface area contributed by atoms with Crippen LogP contribution in [0.1, 0.15) is 0 Å². The number of anilines is 2. The van der Waals surface area contributed by atoms with Gasteiger partial charge >= 0.3 is 0 Å². The third kappa shape index (κ3) is 5.35. The first kappa shape index (κ1) is 19.0. The average molecular weight is 396 g/mol. The molecule has 0 saturated carbocycles. The summed E-state index contributed by atoms with van der Waals surface area (Å²) in [5.74, 6) is 0. The van der Waals surface area contributed by atoms with Crippen molar-refractivity contribution < 1.29 is 13.2 Å². The molecule has 1 heterocycles. The second-order valence-electron chi connectivity index (χ2n) is 6.02. The molecule has 2 aromatic rings. The van der Waals surface area contributed by atoms with E-state index in [0.717, 1.165) is 45.1 Å². The molecule has 0 aliphatic carbocycles. The number of hydrogen-bond acceptors (Lipinski definition) is 5. The van der Waals surface area contributed by atoms with Crippen LogP contribution in [-0.2, 0) is 14.8 Å². The molecule has 0 spiro atoms. The number of benzene rings is 2. The van der Waals surface area contributed by atoms with Crippen molar-refractivity contribution in [3.05, 3.63) is 53.6 Å². The monoisotopic (exact) mass is 395 g/mol. The van der Waals surface area contributed by atoms with E-state index in [1.54, 1.807) is 24.3 Å². The Morgan fingerprint density at radius 1 is 1.04 bits per heavy atom. The molecule has 0 bridgehead atoms. The number of halogens is 1. The van der Waals surface area contributed by atoms with Crippen molar-refractivity contribution in [1.82, 2.24) is 4.90 Å². The number of sulfonamides is 1. The Kier molecular flexibility index (Phi) is 6.37. The molecular formula is C18H22ClN3O3S. The summed E-state index contributed by atoms with van der Waals surface area (Å²) in [5.41, 5.74) is 1.45. The number of nitrogens with one attached hydrogen (secondary N) is 2. The summed E-state index contributed by atoms with van der Waals surface area (Å²) >= 11 is 5.87. The van der Waals surface area contributed by atoms with Crippen LogP contribution in [0.5, 0.6) is 0 Å². The van der Waals surface area contributed by atoms with Gasteiger partial charge in [-0.2, -0.15) is 0 Å². The van der Waals surface area contributed by atoms with Gasteiger partial charge in [-0.3, -0.25) is 9.62 Å². The minimum absolute atomic E-state index is 0.137. The summed E-state index contributed by atoms with van der Waals surface area (Å²) in [4.78, 5) is 2.49. The highest BCUT2D eigenvalue weighted by atomic mass is 35.5. The van der Waals surface area contributed by atoms with Crippen molar-refractivity contribution in [2.45, 2.75) is 4.90 Å². The van der Waals surface area contributed by atoms with Crippen LogP contribution in [0.2, 0.25) is 5.02 Å². The highest BCUT2D eigenvalue weighted by molar-refractivity contribution is 7.92. The first-order chi connectivity index (χ1) is 12.5. The lowest BCUT2D eigenvalue weighted by Crippen LogP contribution is -2.38. The molecule has 8 heteroatoms. The zero-order chi connectivity index (χ0) is 18.4. The molecule has 6 nitrogen and oxygen atoms in total. The zero-order valence-electron chi connectivity index (χ0n) is 14.3. The Bertz CT molecular complexity index is 822. The Hall–Kier alpha value is -1.80. The maximum absolute atomic E-state index is 12.4. The molecule has 0 amide bonds. The Balaban J connectivity index is 1.54. The highest BCUT2D eigenvalue weighted by Gasteiger charge is 2.14. The molecule has 26 heavy (non-hydrogen) atoms. The van der Waals surface area contributed by atoms with Crippen molar-refractivity contribution in [3.8, 4) is 0 Å². The summed E-state index contributed by atoms with van der Waals surface area (Å²) < 4.78 is 32.7. The van der Waals surface area contributed by atoms with Crippen LogP contribution >= 0.6 is 11.6 Å². The SMILES string of the molecule is O=S(=O)(Nc1ccc(NCCN2CCOCC2)cc1)c1cccc(Cl)c1. The lowest BCUT2D eigenvalue weighted by Gasteiger charge is -2.26. The molecular weight excluding hydrogens is 374 g/mol. The maximum Gasteiger partial charge on any atom is 0.261 e. The number of rotatable bonds is 7. The third-order valence-corrected chi connectivity index (χ3v) is 5.72. The summed E-state index contributed by atoms with van der Waals surface area (Å²) in [7, 11) is -3.65. The second-order valence-corrected chi connectivity index (χ2v) is 8.14. The molecule has 2 N–H and O–H groups in total. The smallest absolute Gasteiger partial charge is 0.261 e. The standard InChI is InChI=1S/C18H22ClN3O3S/c19-15-2-1-3-18(14-15)26(23,24)21-17-6-4-16(5-7-17)20-8-9-22-10-12-25-13-11-22/h1-7,14,20-21H,8-13H2. The number of hydrogen-bond donors (Lipinski definition) is 2. The minimum atomic E-state index is -3.65. The van der Waals surface area contributed by atoms with Crippen LogP contribution in [0, 0.1) is 0 Å². The van der Waals surface area contributed by atoms with Crippen LogP contribution in [0.15, 0.2) is 53.4 Å². The normalized spacial score (nSPS) is 15.6. The van der Waals surface area contributed by atoms with Gasteiger partial charge in [0.05, 0.1) is 18.1 Å². The predicted octanol–water partition coefficient (Wildman–Crippen LogP) is 2.88. The number of nitrogens with zero attached hydrogens (tertiary/aromatic N) is 1. The summed E-state index contributed by atoms with van der Waals surface area (Å²) in [6.07, 6.45) is 0. The predicted molar refractivity (Wildman–Crippen MR) is 104 cm³/mol. The van der Waals surface area contributed by atoms with E-state index in [4.69, 9.17) is 16.3 Å². The van der Waals surface area contributed by atoms with E-state index in [0.29, 0.717) is 10.7 Å². The van der Waals surface area contributed by atoms with E-state index >= 15 is 0 Å². The van der Waals surface area contributed by atoms with E-state index in [1.807, 2.05) is 12.1 Å². The zero-order valence-corrected chi connectivity index (χ0v) is 15.9. The number of morpholine rings is 1. The van der Waals surface area contributed by atoms with Gasteiger partial charge in [0.25, 0.3) is 10.0 Å². The van der Waals surface area contributed by atoms with E-state index in [1.165, 1.54) is 12.1 Å². The van der Waals surface area contributed by atoms with Crippen molar-refractivity contribution in [1.29, 1.82) is 0 Å². The van der Waals surface area contributed by atoms with E-state index < -0.39 is 10.0 Å². The van der Waals surface area contributed by atoms with E-state index in [9.17, 15) is 8.42 Å². The van der Waals surface area contributed by atoms with Crippen LogP contribution < -0.4 is 10.0 Å². The molecule has 0 aromatic heterocycles. The lowest BCUT2D eigenvalue weighted by molar-refractivity contribution is 0.0398. The molecule has 3 rings (SSSR count). The Morgan fingerprint density at radius 3 is 2.42 bits per heavy atom. The molecule has 1 aliphatic rings. The Morgan fingerprint density at radius 2 is 1.73 bits per heavy atom. The molecule has 1 fully saturated rings. The molecule has 2 aromatic carbocycles. The van der Waals surface area contributed by atoms with Crippen molar-refractivity contribution in [3.63, 3.8) is 0 Å². The Labute approximate surface area is 159 Å². The van der Waals surface area contributed by atoms with Gasteiger partial charge in [0.15, 0.2) is 0 Å². The van der Waals surface area contributed by atoms with E-state index in [-0.39, 0.29) is 4.90 Å². The average Bonchev–Trinajstić information content (AvgIpc) is 2.64. The summed E-state index contributed by atoms with van der Waals surface area (Å²) in [5, 5.41) is 3.73. The van der Waals surface area contributed by atoms with Gasteiger partial charge in [-0.15, -0.1) is 0 Å². The fourth-order valence-electron chi connectivity index (χ4n) is 2.69. The van der Waals surface area contributed by atoms with Gasteiger partial charge < -0.3 is 10.1 Å². The minimum Gasteiger partial charge on any atom is -0.384 e. The van der Waals surface area contributed by atoms with Crippen molar-refractivity contribution in [2.75, 3.05) is 49.4 Å². The lowest BCUT2D eigenvalue weighted by atomic mass is 10.3. The molecule has 1 saturated heterocycles. The molecule has 0 unspecified atom stereocenters. The van der Waals surface area contributed by atoms with Gasteiger partial charge in [-0.05, 0) is 42.5 Å². The first-order valence-corrected chi connectivity index (χ1v) is 10.3. The van der Waals surface area contributed by atoms with Crippen molar-refractivity contribution >= 4 is 33.0 Å². The van der Waals surface area contributed by atoms with Crippen LogP contribution in [0.25, 0.3) is 0 Å². The van der Waals surface area contributed by atoms with Crippen LogP contribution in [-0.4, -0.2) is 52.7 Å². The fraction of sp³-hybridized carbons (Fsp3) is 0.333. The highest BCUT2D eigenvalue weighted by Crippen LogP contribution is 2.20. The number of ether oxygens (including phenoxy) is 1. The first-order valence-electron chi connectivity index (χ1n) is 8.45. The summed E-state index contributed by atoms with van der Waals surface area (Å²) in [6, 6.07) is 13.4. The fourth-order valence-corrected chi connectivity index (χ4v) is 4.05. The molecule has 0 radical (unpaired) electrons. The third-order valence-electron chi connectivity index (χ3n) is 4.10. The van der Waals surface area contributed by atoms with Gasteiger partial charge in [0.2, 0.25) is 0 Å². The summed E-state index contributed by atoms with van der Waals surface area (Å²) in [6.45, 7) is 5.29. The van der Waals surface area contributed by atoms with Crippen LogP contribution in [0.3, 0.4) is 0 Å². The second kappa shape index (κ2) is 8.73. The van der Waals surface area contributed by atoms with Crippen LogP contribution in [0.4, 0.5) is 11.4 Å². The van der Waals surface area contributed by atoms with Gasteiger partial charge in [-0.1, -0.05) is 17.7 Å². The molecule has 140 valence electrons. The van der Waals surface area contributed by atoms with Gasteiger partial charge in [0, 0.05) is 42.6 Å². The van der Waals surface area contributed by atoms with Gasteiger partial charge in [0.1, 0.15) is 0 Å². The van der Waals surface area contributed by atoms with E-state index in [2.05, 4.69) is 14.9 Å². The molecule has 1 aliphatic heterocycles. The maximum atomic E-state index is 12.4. The molecule has 0 atom stereocenters. The van der Waals surface area contributed by atoms with Crippen molar-refractivity contribution in [2.24, 2.45) is 0 Å².